The van der Waals surface area contributed by atoms with E-state index >= 15 is 0 Å². The number of carbonyl (C=O) groups is 1. The van der Waals surface area contributed by atoms with Crippen molar-refractivity contribution >= 4 is 27.1 Å². The van der Waals surface area contributed by atoms with Crippen LogP contribution in [-0.4, -0.2) is 20.6 Å². The first-order chi connectivity index (χ1) is 9.97. The number of nitrogens with one attached hydrogen (secondary N) is 2. The Hall–Kier alpha value is -2.34. The van der Waals surface area contributed by atoms with Gasteiger partial charge in [0.25, 0.3) is 5.91 Å². The SMILES string of the molecule is CS(=O)(=O)c1cccc2c1NC(=O)C(c1ccccc1)N2. The molecule has 0 saturated heterocycles. The molecule has 1 heterocycles. The van der Waals surface area contributed by atoms with Crippen molar-refractivity contribution < 1.29 is 13.2 Å². The molecule has 1 amide bonds. The van der Waals surface area contributed by atoms with E-state index < -0.39 is 15.9 Å². The number of rotatable bonds is 2. The lowest BCUT2D eigenvalue weighted by molar-refractivity contribution is -0.117. The third-order valence-corrected chi connectivity index (χ3v) is 4.51. The first-order valence-electron chi connectivity index (χ1n) is 6.42. The van der Waals surface area contributed by atoms with Gasteiger partial charge in [0.1, 0.15) is 6.04 Å². The van der Waals surface area contributed by atoms with Crippen molar-refractivity contribution in [3.63, 3.8) is 0 Å². The summed E-state index contributed by atoms with van der Waals surface area (Å²) in [6.45, 7) is 0. The largest absolute Gasteiger partial charge is 0.368 e. The molecule has 3 rings (SSSR count). The minimum Gasteiger partial charge on any atom is -0.368 e. The predicted octanol–water partition coefficient (Wildman–Crippen LogP) is 2.20. The van der Waals surface area contributed by atoms with Crippen LogP contribution < -0.4 is 10.6 Å². The van der Waals surface area contributed by atoms with E-state index in [-0.39, 0.29) is 10.8 Å². The van der Waals surface area contributed by atoms with E-state index in [0.717, 1.165) is 11.8 Å². The third-order valence-electron chi connectivity index (χ3n) is 3.37. The van der Waals surface area contributed by atoms with Crippen LogP contribution in [0, 0.1) is 0 Å². The molecule has 0 bridgehead atoms. The maximum absolute atomic E-state index is 12.3. The van der Waals surface area contributed by atoms with Crippen molar-refractivity contribution in [2.45, 2.75) is 10.9 Å². The molecule has 108 valence electrons. The monoisotopic (exact) mass is 302 g/mol. The van der Waals surface area contributed by atoms with Crippen LogP contribution in [0.15, 0.2) is 53.4 Å². The van der Waals surface area contributed by atoms with E-state index in [1.165, 1.54) is 6.07 Å². The lowest BCUT2D eigenvalue weighted by Gasteiger charge is -2.28. The zero-order valence-corrected chi connectivity index (χ0v) is 12.1. The molecule has 2 N–H and O–H groups in total. The van der Waals surface area contributed by atoms with Gasteiger partial charge in [-0.3, -0.25) is 4.79 Å². The molecule has 1 aliphatic rings. The van der Waals surface area contributed by atoms with Crippen LogP contribution in [0.2, 0.25) is 0 Å². The van der Waals surface area contributed by atoms with E-state index in [2.05, 4.69) is 10.6 Å². The average molecular weight is 302 g/mol. The maximum Gasteiger partial charge on any atom is 0.251 e. The molecular weight excluding hydrogens is 288 g/mol. The third kappa shape index (κ3) is 2.50. The minimum atomic E-state index is -3.40. The average Bonchev–Trinajstić information content (AvgIpc) is 2.46. The number of hydrogen-bond donors (Lipinski definition) is 2. The Morgan fingerprint density at radius 2 is 1.71 bits per heavy atom. The van der Waals surface area contributed by atoms with Gasteiger partial charge in [0, 0.05) is 6.26 Å². The van der Waals surface area contributed by atoms with Gasteiger partial charge >= 0.3 is 0 Å². The Kier molecular flexibility index (Phi) is 3.17. The standard InChI is InChI=1S/C15H14N2O3S/c1-21(19,20)12-9-5-8-11-14(12)17-15(18)13(16-11)10-6-3-2-4-7-10/h2-9,13,16H,1H3,(H,17,18). The smallest absolute Gasteiger partial charge is 0.251 e. The highest BCUT2D eigenvalue weighted by atomic mass is 32.2. The normalized spacial score (nSPS) is 17.6. The molecule has 0 aromatic heterocycles. The highest BCUT2D eigenvalue weighted by molar-refractivity contribution is 7.90. The molecule has 1 unspecified atom stereocenters. The Labute approximate surface area is 122 Å². The molecule has 0 saturated carbocycles. The molecule has 0 fully saturated rings. The fraction of sp³-hybridized carbons (Fsp3) is 0.133. The van der Waals surface area contributed by atoms with Crippen molar-refractivity contribution in [1.29, 1.82) is 0 Å². The summed E-state index contributed by atoms with van der Waals surface area (Å²) in [4.78, 5) is 12.4. The molecular formula is C15H14N2O3S. The van der Waals surface area contributed by atoms with Crippen LogP contribution in [0.4, 0.5) is 11.4 Å². The Balaban J connectivity index is 2.06. The van der Waals surface area contributed by atoms with Crippen LogP contribution in [0.3, 0.4) is 0 Å². The fourth-order valence-corrected chi connectivity index (χ4v) is 3.24. The van der Waals surface area contributed by atoms with Crippen LogP contribution in [0.5, 0.6) is 0 Å². The summed E-state index contributed by atoms with van der Waals surface area (Å²) < 4.78 is 23.6. The van der Waals surface area contributed by atoms with Crippen molar-refractivity contribution in [2.75, 3.05) is 16.9 Å². The van der Waals surface area contributed by atoms with Gasteiger partial charge in [-0.05, 0) is 17.7 Å². The van der Waals surface area contributed by atoms with Crippen LogP contribution in [0.25, 0.3) is 0 Å². The summed E-state index contributed by atoms with van der Waals surface area (Å²) in [5.74, 6) is -0.273. The van der Waals surface area contributed by atoms with Crippen molar-refractivity contribution in [3.05, 3.63) is 54.1 Å². The Bertz CT molecular complexity index is 801. The fourth-order valence-electron chi connectivity index (χ4n) is 2.39. The molecule has 1 atom stereocenters. The number of benzene rings is 2. The van der Waals surface area contributed by atoms with Gasteiger partial charge in [-0.2, -0.15) is 0 Å². The molecule has 2 aromatic carbocycles. The number of sulfone groups is 1. The van der Waals surface area contributed by atoms with E-state index in [1.54, 1.807) is 12.1 Å². The molecule has 0 aliphatic carbocycles. The van der Waals surface area contributed by atoms with Gasteiger partial charge in [-0.1, -0.05) is 36.4 Å². The summed E-state index contributed by atoms with van der Waals surface area (Å²) in [5, 5.41) is 5.80. The number of carbonyl (C=O) groups excluding carboxylic acids is 1. The molecule has 0 radical (unpaired) electrons. The van der Waals surface area contributed by atoms with Crippen LogP contribution in [-0.2, 0) is 14.6 Å². The van der Waals surface area contributed by atoms with E-state index in [9.17, 15) is 13.2 Å². The van der Waals surface area contributed by atoms with E-state index in [4.69, 9.17) is 0 Å². The molecule has 2 aromatic rings. The first-order valence-corrected chi connectivity index (χ1v) is 8.31. The summed E-state index contributed by atoms with van der Waals surface area (Å²) in [6, 6.07) is 13.6. The van der Waals surface area contributed by atoms with E-state index in [1.807, 2.05) is 30.3 Å². The number of fused-ring (bicyclic) bond motifs is 1. The highest BCUT2D eigenvalue weighted by Gasteiger charge is 2.29. The van der Waals surface area contributed by atoms with Gasteiger partial charge < -0.3 is 10.6 Å². The second-order valence-electron chi connectivity index (χ2n) is 4.93. The second kappa shape index (κ2) is 4.89. The quantitative estimate of drug-likeness (QED) is 0.891. The van der Waals surface area contributed by atoms with E-state index in [0.29, 0.717) is 11.4 Å². The Morgan fingerprint density at radius 3 is 2.38 bits per heavy atom. The van der Waals surface area contributed by atoms with Crippen molar-refractivity contribution in [1.82, 2.24) is 0 Å². The predicted molar refractivity (Wildman–Crippen MR) is 81.0 cm³/mol. The van der Waals surface area contributed by atoms with Crippen molar-refractivity contribution in [2.24, 2.45) is 0 Å². The zero-order valence-electron chi connectivity index (χ0n) is 11.3. The van der Waals surface area contributed by atoms with Crippen molar-refractivity contribution in [3.8, 4) is 0 Å². The van der Waals surface area contributed by atoms with Crippen LogP contribution in [0.1, 0.15) is 11.6 Å². The minimum absolute atomic E-state index is 0.118. The Morgan fingerprint density at radius 1 is 1.00 bits per heavy atom. The topological polar surface area (TPSA) is 75.3 Å². The zero-order chi connectivity index (χ0) is 15.0. The first kappa shape index (κ1) is 13.6. The van der Waals surface area contributed by atoms with Gasteiger partial charge in [0.05, 0.1) is 16.3 Å². The molecule has 6 heteroatoms. The number of anilines is 2. The summed E-state index contributed by atoms with van der Waals surface area (Å²) in [7, 11) is -3.40. The molecule has 0 spiro atoms. The number of amides is 1. The summed E-state index contributed by atoms with van der Waals surface area (Å²) in [6.07, 6.45) is 1.12. The second-order valence-corrected chi connectivity index (χ2v) is 6.91. The lowest BCUT2D eigenvalue weighted by Crippen LogP contribution is -2.32. The van der Waals surface area contributed by atoms with Gasteiger partial charge in [0.15, 0.2) is 9.84 Å². The summed E-state index contributed by atoms with van der Waals surface area (Å²) >= 11 is 0. The molecule has 5 nitrogen and oxygen atoms in total. The lowest BCUT2D eigenvalue weighted by atomic mass is 10.0. The molecule has 21 heavy (non-hydrogen) atoms. The maximum atomic E-state index is 12.3. The van der Waals surface area contributed by atoms with Gasteiger partial charge in [-0.15, -0.1) is 0 Å². The van der Waals surface area contributed by atoms with Crippen LogP contribution >= 0.6 is 0 Å². The highest BCUT2D eigenvalue weighted by Crippen LogP contribution is 2.36. The number of hydrogen-bond acceptors (Lipinski definition) is 4. The number of para-hydroxylation sites is 1. The van der Waals surface area contributed by atoms with Gasteiger partial charge in [0.2, 0.25) is 0 Å². The van der Waals surface area contributed by atoms with Gasteiger partial charge in [-0.25, -0.2) is 8.42 Å². The summed E-state index contributed by atoms with van der Waals surface area (Å²) in [5.41, 5.74) is 1.74. The molecule has 1 aliphatic heterocycles.